The summed E-state index contributed by atoms with van der Waals surface area (Å²) in [6.45, 7) is 5.73. The van der Waals surface area contributed by atoms with Crippen molar-refractivity contribution in [3.63, 3.8) is 0 Å². The number of ether oxygens (including phenoxy) is 1. The van der Waals surface area contributed by atoms with Gasteiger partial charge in [0, 0.05) is 20.5 Å². The van der Waals surface area contributed by atoms with E-state index in [1.165, 1.54) is 5.56 Å². The maximum Gasteiger partial charge on any atom is 0.264 e. The van der Waals surface area contributed by atoms with E-state index >= 15 is 0 Å². The summed E-state index contributed by atoms with van der Waals surface area (Å²) in [5.74, 6) is 0.741. The van der Waals surface area contributed by atoms with E-state index in [1.54, 1.807) is 11.0 Å². The minimum atomic E-state index is 0.436. The van der Waals surface area contributed by atoms with Crippen molar-refractivity contribution in [2.45, 2.75) is 13.3 Å². The lowest BCUT2D eigenvalue weighted by atomic mass is 10.0. The van der Waals surface area contributed by atoms with Gasteiger partial charge in [0.05, 0.1) is 0 Å². The van der Waals surface area contributed by atoms with Gasteiger partial charge < -0.3 is 9.64 Å². The van der Waals surface area contributed by atoms with Crippen LogP contribution in [0.2, 0.25) is 0 Å². The van der Waals surface area contributed by atoms with Gasteiger partial charge in [0.1, 0.15) is 5.76 Å². The molecule has 0 bridgehead atoms. The smallest absolute Gasteiger partial charge is 0.264 e. The number of nitrogens with zero attached hydrogens (tertiary/aromatic N) is 1. The Hall–Kier alpha value is -1.87. The van der Waals surface area contributed by atoms with Gasteiger partial charge in [-0.15, -0.1) is 0 Å². The molecule has 0 aliphatic rings. The average molecular weight is 287 g/mol. The summed E-state index contributed by atoms with van der Waals surface area (Å²) < 4.78 is 5.76. The van der Waals surface area contributed by atoms with Crippen LogP contribution in [-0.4, -0.2) is 24.2 Å². The number of hydrogen-bond donors (Lipinski definition) is 0. The van der Waals surface area contributed by atoms with Crippen molar-refractivity contribution in [1.29, 1.82) is 0 Å². The first-order chi connectivity index (χ1) is 9.58. The SMILES string of the molecule is C=C/C=C(OC(=S)N(C)C)\C(=C/C)Cc1ccccc1. The number of hydrogen-bond acceptors (Lipinski definition) is 2. The molecule has 0 unspecified atom stereocenters. The fourth-order valence-electron chi connectivity index (χ4n) is 1.65. The summed E-state index contributed by atoms with van der Waals surface area (Å²) in [5.41, 5.74) is 2.32. The molecule has 20 heavy (non-hydrogen) atoms. The fourth-order valence-corrected chi connectivity index (χ4v) is 1.74. The molecular weight excluding hydrogens is 266 g/mol. The largest absolute Gasteiger partial charge is 0.432 e. The van der Waals surface area contributed by atoms with Crippen LogP contribution in [0.3, 0.4) is 0 Å². The molecule has 3 heteroatoms. The Bertz CT molecular complexity index is 515. The van der Waals surface area contributed by atoms with Crippen LogP contribution in [0.25, 0.3) is 0 Å². The summed E-state index contributed by atoms with van der Waals surface area (Å²) in [5, 5.41) is 0.436. The van der Waals surface area contributed by atoms with Crippen LogP contribution in [0.4, 0.5) is 0 Å². The second-order valence-corrected chi connectivity index (χ2v) is 4.85. The molecule has 0 fully saturated rings. The molecule has 0 N–H and O–H groups in total. The lowest BCUT2D eigenvalue weighted by Gasteiger charge is -2.18. The molecule has 106 valence electrons. The van der Waals surface area contributed by atoms with Crippen LogP contribution >= 0.6 is 12.2 Å². The summed E-state index contributed by atoms with van der Waals surface area (Å²) >= 11 is 5.20. The number of thiocarbonyl (C=S) groups is 1. The Kier molecular flexibility index (Phi) is 6.74. The highest BCUT2D eigenvalue weighted by atomic mass is 32.1. The van der Waals surface area contributed by atoms with E-state index < -0.39 is 0 Å². The molecule has 0 aliphatic heterocycles. The van der Waals surface area contributed by atoms with E-state index in [9.17, 15) is 0 Å². The van der Waals surface area contributed by atoms with Crippen molar-refractivity contribution < 1.29 is 4.74 Å². The molecule has 0 aliphatic carbocycles. The molecule has 1 rings (SSSR count). The third-order valence-corrected chi connectivity index (χ3v) is 3.18. The number of rotatable bonds is 5. The van der Waals surface area contributed by atoms with Crippen LogP contribution in [0.1, 0.15) is 12.5 Å². The zero-order valence-corrected chi connectivity index (χ0v) is 13.1. The Morgan fingerprint density at radius 1 is 1.30 bits per heavy atom. The fraction of sp³-hybridized carbons (Fsp3) is 0.235. The molecule has 0 radical (unpaired) electrons. The second kappa shape index (κ2) is 8.33. The van der Waals surface area contributed by atoms with Gasteiger partial charge in [-0.2, -0.15) is 0 Å². The van der Waals surface area contributed by atoms with Gasteiger partial charge in [0.15, 0.2) is 0 Å². The first-order valence-electron chi connectivity index (χ1n) is 6.49. The van der Waals surface area contributed by atoms with Crippen molar-refractivity contribution >= 4 is 17.4 Å². The van der Waals surface area contributed by atoms with Gasteiger partial charge in [0.25, 0.3) is 5.17 Å². The van der Waals surface area contributed by atoms with E-state index in [0.717, 1.165) is 17.8 Å². The highest BCUT2D eigenvalue weighted by molar-refractivity contribution is 7.80. The topological polar surface area (TPSA) is 12.5 Å². The highest BCUT2D eigenvalue weighted by Gasteiger charge is 2.10. The zero-order valence-electron chi connectivity index (χ0n) is 12.3. The molecule has 0 saturated carbocycles. The molecular formula is C17H21NOS. The lowest BCUT2D eigenvalue weighted by molar-refractivity contribution is 0.363. The molecule has 0 spiro atoms. The van der Waals surface area contributed by atoms with Crippen LogP contribution in [0, 0.1) is 0 Å². The molecule has 0 amide bonds. The molecule has 0 saturated heterocycles. The number of allylic oxidation sites excluding steroid dienone is 4. The predicted molar refractivity (Wildman–Crippen MR) is 89.6 cm³/mol. The molecule has 1 aromatic rings. The summed E-state index contributed by atoms with van der Waals surface area (Å²) in [4.78, 5) is 1.77. The van der Waals surface area contributed by atoms with Gasteiger partial charge in [-0.05, 0) is 36.4 Å². The van der Waals surface area contributed by atoms with Crippen molar-refractivity contribution in [3.05, 3.63) is 72.0 Å². The van der Waals surface area contributed by atoms with Gasteiger partial charge in [-0.1, -0.05) is 49.1 Å². The molecule has 0 atom stereocenters. The highest BCUT2D eigenvalue weighted by Crippen LogP contribution is 2.18. The van der Waals surface area contributed by atoms with Gasteiger partial charge in [-0.3, -0.25) is 0 Å². The Morgan fingerprint density at radius 3 is 2.45 bits per heavy atom. The summed E-state index contributed by atoms with van der Waals surface area (Å²) in [6.07, 6.45) is 6.39. The van der Waals surface area contributed by atoms with E-state index in [0.29, 0.717) is 5.17 Å². The van der Waals surface area contributed by atoms with Crippen molar-refractivity contribution in [1.82, 2.24) is 4.90 Å². The number of benzene rings is 1. The Balaban J connectivity index is 2.91. The summed E-state index contributed by atoms with van der Waals surface area (Å²) in [6, 6.07) is 10.3. The third kappa shape index (κ3) is 5.02. The van der Waals surface area contributed by atoms with Crippen LogP contribution in [-0.2, 0) is 11.2 Å². The Labute approximate surface area is 127 Å². The van der Waals surface area contributed by atoms with E-state index in [4.69, 9.17) is 17.0 Å². The maximum absolute atomic E-state index is 5.76. The Morgan fingerprint density at radius 2 is 1.95 bits per heavy atom. The van der Waals surface area contributed by atoms with E-state index in [2.05, 4.69) is 18.7 Å². The zero-order chi connectivity index (χ0) is 15.0. The molecule has 2 nitrogen and oxygen atoms in total. The average Bonchev–Trinajstić information content (AvgIpc) is 2.45. The second-order valence-electron chi connectivity index (χ2n) is 4.51. The maximum atomic E-state index is 5.76. The van der Waals surface area contributed by atoms with Crippen LogP contribution in [0.5, 0.6) is 0 Å². The first-order valence-corrected chi connectivity index (χ1v) is 6.90. The third-order valence-electron chi connectivity index (χ3n) is 2.73. The predicted octanol–water partition coefficient (Wildman–Crippen LogP) is 4.11. The first kappa shape index (κ1) is 16.2. The minimum absolute atomic E-state index is 0.436. The van der Waals surface area contributed by atoms with E-state index in [1.807, 2.05) is 51.4 Å². The van der Waals surface area contributed by atoms with Gasteiger partial charge in [-0.25, -0.2) is 0 Å². The van der Waals surface area contributed by atoms with Crippen molar-refractivity contribution in [2.24, 2.45) is 0 Å². The molecule has 0 aromatic heterocycles. The van der Waals surface area contributed by atoms with Crippen molar-refractivity contribution in [3.8, 4) is 0 Å². The van der Waals surface area contributed by atoms with E-state index in [-0.39, 0.29) is 0 Å². The van der Waals surface area contributed by atoms with Crippen LogP contribution in [0.15, 0.2) is 66.5 Å². The monoisotopic (exact) mass is 287 g/mol. The molecule has 1 aromatic carbocycles. The summed E-state index contributed by atoms with van der Waals surface area (Å²) in [7, 11) is 3.72. The minimum Gasteiger partial charge on any atom is -0.432 e. The van der Waals surface area contributed by atoms with Crippen LogP contribution < -0.4 is 0 Å². The normalized spacial score (nSPS) is 11.9. The van der Waals surface area contributed by atoms with Crippen molar-refractivity contribution in [2.75, 3.05) is 14.1 Å². The lowest BCUT2D eigenvalue weighted by Crippen LogP contribution is -2.22. The standard InChI is InChI=1S/C17H21NOS/c1-5-10-16(19-17(20)18(3)4)15(6-2)13-14-11-8-7-9-12-14/h5-12H,1,13H2,2-4H3/b15-6-,16-10+. The van der Waals surface area contributed by atoms with Gasteiger partial charge >= 0.3 is 0 Å². The molecule has 0 heterocycles. The quantitative estimate of drug-likeness (QED) is 0.459. The van der Waals surface area contributed by atoms with Gasteiger partial charge in [0.2, 0.25) is 0 Å².